The molecule has 4 rings (SSSR count). The SMILES string of the molecule is CS(=O)(=O)CCC1CC(c2cccc(C(F)(F)F)c2)N(c2ccc(Oc3ccc(Cl)cc3)cc2)C1=O. The van der Waals surface area contributed by atoms with Crippen molar-refractivity contribution < 1.29 is 31.1 Å². The van der Waals surface area contributed by atoms with Gasteiger partial charge in [0.2, 0.25) is 5.91 Å². The van der Waals surface area contributed by atoms with Gasteiger partial charge in [-0.3, -0.25) is 4.79 Å². The number of hydrogen-bond acceptors (Lipinski definition) is 4. The number of hydrogen-bond donors (Lipinski definition) is 0. The summed E-state index contributed by atoms with van der Waals surface area (Å²) in [4.78, 5) is 14.8. The first-order valence-corrected chi connectivity index (χ1v) is 13.6. The minimum absolute atomic E-state index is 0.0986. The maximum absolute atomic E-state index is 13.4. The summed E-state index contributed by atoms with van der Waals surface area (Å²) in [5.41, 5.74) is 0.00735. The number of halogens is 4. The molecular formula is C26H23ClF3NO4S. The van der Waals surface area contributed by atoms with Gasteiger partial charge in [-0.15, -0.1) is 0 Å². The fraction of sp³-hybridized carbons (Fsp3) is 0.269. The third-order valence-electron chi connectivity index (χ3n) is 6.01. The zero-order chi connectivity index (χ0) is 26.1. The van der Waals surface area contributed by atoms with Gasteiger partial charge in [0.1, 0.15) is 21.3 Å². The molecule has 1 aliphatic rings. The highest BCUT2D eigenvalue weighted by molar-refractivity contribution is 7.90. The predicted octanol–water partition coefficient (Wildman–Crippen LogP) is 6.68. The smallest absolute Gasteiger partial charge is 0.416 e. The van der Waals surface area contributed by atoms with Gasteiger partial charge in [-0.2, -0.15) is 13.2 Å². The van der Waals surface area contributed by atoms with Gasteiger partial charge in [-0.1, -0.05) is 23.7 Å². The topological polar surface area (TPSA) is 63.7 Å². The minimum Gasteiger partial charge on any atom is -0.457 e. The van der Waals surface area contributed by atoms with Gasteiger partial charge in [0.25, 0.3) is 0 Å². The van der Waals surface area contributed by atoms with Crippen molar-refractivity contribution in [2.45, 2.75) is 25.1 Å². The van der Waals surface area contributed by atoms with Gasteiger partial charge in [-0.05, 0) is 79.1 Å². The molecule has 3 aromatic rings. The lowest BCUT2D eigenvalue weighted by Gasteiger charge is -2.26. The van der Waals surface area contributed by atoms with Crippen molar-refractivity contribution in [3.8, 4) is 11.5 Å². The molecule has 3 aromatic carbocycles. The first kappa shape index (κ1) is 26.0. The Morgan fingerprint density at radius 3 is 2.19 bits per heavy atom. The van der Waals surface area contributed by atoms with Gasteiger partial charge in [0.15, 0.2) is 0 Å². The number of carbonyl (C=O) groups excluding carboxylic acids is 1. The number of carbonyl (C=O) groups is 1. The third-order valence-corrected chi connectivity index (χ3v) is 7.24. The Morgan fingerprint density at radius 1 is 1.00 bits per heavy atom. The second-order valence-corrected chi connectivity index (χ2v) is 11.4. The zero-order valence-electron chi connectivity index (χ0n) is 19.2. The van der Waals surface area contributed by atoms with E-state index < -0.39 is 33.5 Å². The van der Waals surface area contributed by atoms with Crippen molar-refractivity contribution in [1.29, 1.82) is 0 Å². The Bertz CT molecular complexity index is 1340. The highest BCUT2D eigenvalue weighted by Crippen LogP contribution is 2.43. The van der Waals surface area contributed by atoms with E-state index in [1.165, 1.54) is 11.0 Å². The van der Waals surface area contributed by atoms with Crippen molar-refractivity contribution in [2.24, 2.45) is 5.92 Å². The molecule has 1 amide bonds. The number of sulfone groups is 1. The van der Waals surface area contributed by atoms with E-state index in [4.69, 9.17) is 16.3 Å². The third kappa shape index (κ3) is 6.20. The molecule has 0 aliphatic carbocycles. The maximum Gasteiger partial charge on any atom is 0.416 e. The van der Waals surface area contributed by atoms with Crippen LogP contribution in [-0.2, 0) is 20.8 Å². The van der Waals surface area contributed by atoms with Gasteiger partial charge >= 0.3 is 6.18 Å². The van der Waals surface area contributed by atoms with Crippen molar-refractivity contribution in [2.75, 3.05) is 16.9 Å². The summed E-state index contributed by atoms with van der Waals surface area (Å²) in [7, 11) is -3.31. The molecule has 0 saturated carbocycles. The van der Waals surface area contributed by atoms with Crippen LogP contribution in [0.15, 0.2) is 72.8 Å². The summed E-state index contributed by atoms with van der Waals surface area (Å²) in [6.07, 6.45) is -3.13. The van der Waals surface area contributed by atoms with E-state index >= 15 is 0 Å². The molecule has 0 bridgehead atoms. The van der Waals surface area contributed by atoms with E-state index in [1.54, 1.807) is 54.6 Å². The fourth-order valence-electron chi connectivity index (χ4n) is 4.25. The summed E-state index contributed by atoms with van der Waals surface area (Å²) in [6, 6.07) is 17.6. The molecule has 1 fully saturated rings. The summed E-state index contributed by atoms with van der Waals surface area (Å²) in [6.45, 7) is 0. The quantitative estimate of drug-likeness (QED) is 0.337. The monoisotopic (exact) mass is 537 g/mol. The first-order valence-electron chi connectivity index (χ1n) is 11.1. The van der Waals surface area contributed by atoms with E-state index in [-0.39, 0.29) is 24.5 Å². The minimum atomic E-state index is -4.53. The van der Waals surface area contributed by atoms with Gasteiger partial charge in [-0.25, -0.2) is 8.42 Å². The second kappa shape index (κ2) is 10.1. The number of rotatable bonds is 7. The van der Waals surface area contributed by atoms with Crippen LogP contribution >= 0.6 is 11.6 Å². The Hall–Kier alpha value is -3.04. The molecule has 1 aliphatic heterocycles. The van der Waals surface area contributed by atoms with Crippen LogP contribution in [-0.4, -0.2) is 26.3 Å². The molecule has 0 spiro atoms. The molecule has 1 saturated heterocycles. The Balaban J connectivity index is 1.64. The summed E-state index contributed by atoms with van der Waals surface area (Å²) in [5, 5.41) is 0.566. The van der Waals surface area contributed by atoms with E-state index in [0.717, 1.165) is 18.4 Å². The second-order valence-electron chi connectivity index (χ2n) is 8.75. The van der Waals surface area contributed by atoms with Crippen LogP contribution in [0.4, 0.5) is 18.9 Å². The molecule has 2 unspecified atom stereocenters. The normalized spacial score (nSPS) is 18.5. The fourth-order valence-corrected chi connectivity index (χ4v) is 5.09. The molecular weight excluding hydrogens is 515 g/mol. The van der Waals surface area contributed by atoms with Gasteiger partial charge in [0.05, 0.1) is 17.4 Å². The predicted molar refractivity (Wildman–Crippen MR) is 132 cm³/mol. The van der Waals surface area contributed by atoms with Gasteiger partial charge in [0, 0.05) is 22.9 Å². The molecule has 2 atom stereocenters. The van der Waals surface area contributed by atoms with Crippen molar-refractivity contribution >= 4 is 33.0 Å². The Labute approximate surface area is 212 Å². The molecule has 190 valence electrons. The summed E-state index contributed by atoms with van der Waals surface area (Å²) >= 11 is 5.89. The molecule has 10 heteroatoms. The lowest BCUT2D eigenvalue weighted by Crippen LogP contribution is -2.30. The van der Waals surface area contributed by atoms with Gasteiger partial charge < -0.3 is 9.64 Å². The van der Waals surface area contributed by atoms with Crippen LogP contribution < -0.4 is 9.64 Å². The van der Waals surface area contributed by atoms with E-state index in [0.29, 0.717) is 27.8 Å². The zero-order valence-corrected chi connectivity index (χ0v) is 20.8. The Morgan fingerprint density at radius 2 is 1.61 bits per heavy atom. The molecule has 36 heavy (non-hydrogen) atoms. The number of nitrogens with zero attached hydrogens (tertiary/aromatic N) is 1. The summed E-state index contributed by atoms with van der Waals surface area (Å²) in [5.74, 6) is -0.0822. The number of amides is 1. The number of anilines is 1. The average Bonchev–Trinajstić information content (AvgIpc) is 3.15. The van der Waals surface area contributed by atoms with E-state index in [2.05, 4.69) is 0 Å². The van der Waals surface area contributed by atoms with Crippen LogP contribution in [0.2, 0.25) is 5.02 Å². The lowest BCUT2D eigenvalue weighted by molar-refractivity contribution is -0.137. The first-order chi connectivity index (χ1) is 16.9. The molecule has 0 N–H and O–H groups in total. The maximum atomic E-state index is 13.4. The van der Waals surface area contributed by atoms with Crippen LogP contribution in [0.3, 0.4) is 0 Å². The van der Waals surface area contributed by atoms with Crippen molar-refractivity contribution in [1.82, 2.24) is 0 Å². The molecule has 1 heterocycles. The summed E-state index contributed by atoms with van der Waals surface area (Å²) < 4.78 is 69.2. The average molecular weight is 538 g/mol. The number of ether oxygens (including phenoxy) is 1. The molecule has 0 aromatic heterocycles. The van der Waals surface area contributed by atoms with Crippen LogP contribution in [0.25, 0.3) is 0 Å². The Kier molecular flexibility index (Phi) is 7.33. The number of benzene rings is 3. The highest BCUT2D eigenvalue weighted by Gasteiger charge is 2.42. The van der Waals surface area contributed by atoms with Crippen LogP contribution in [0.5, 0.6) is 11.5 Å². The van der Waals surface area contributed by atoms with E-state index in [9.17, 15) is 26.4 Å². The molecule has 5 nitrogen and oxygen atoms in total. The van der Waals surface area contributed by atoms with Crippen LogP contribution in [0.1, 0.15) is 30.0 Å². The van der Waals surface area contributed by atoms with Crippen LogP contribution in [0, 0.1) is 5.92 Å². The largest absolute Gasteiger partial charge is 0.457 e. The number of alkyl halides is 3. The van der Waals surface area contributed by atoms with Crippen molar-refractivity contribution in [3.63, 3.8) is 0 Å². The van der Waals surface area contributed by atoms with Crippen molar-refractivity contribution in [3.05, 3.63) is 88.9 Å². The van der Waals surface area contributed by atoms with E-state index in [1.807, 2.05) is 0 Å². The lowest BCUT2D eigenvalue weighted by atomic mass is 9.96. The standard InChI is InChI=1S/C26H23ClF3NO4S/c1-36(33,34)14-13-18-16-24(17-3-2-4-19(15-17)26(28,29)30)31(25(18)32)21-7-11-23(12-8-21)35-22-9-5-20(27)6-10-22/h2-12,15,18,24H,13-14,16H2,1H3. The molecule has 0 radical (unpaired) electrons. The highest BCUT2D eigenvalue weighted by atomic mass is 35.5.